The van der Waals surface area contributed by atoms with Crippen molar-refractivity contribution in [3.63, 3.8) is 0 Å². The molecule has 0 aliphatic carbocycles. The van der Waals surface area contributed by atoms with Gasteiger partial charge in [-0.15, -0.1) is 0 Å². The second-order valence-electron chi connectivity index (χ2n) is 6.70. The second kappa shape index (κ2) is 7.93. The van der Waals surface area contributed by atoms with Gasteiger partial charge in [-0.1, -0.05) is 69.4 Å². The van der Waals surface area contributed by atoms with Crippen LogP contribution in [-0.4, -0.2) is 11.8 Å². The minimum absolute atomic E-state index is 0.431. The number of unbranched alkanes of at least 4 members (excludes halogenated alkanes) is 5. The van der Waals surface area contributed by atoms with Crippen molar-refractivity contribution in [2.45, 2.75) is 77.1 Å². The Morgan fingerprint density at radius 1 is 1.04 bits per heavy atom. The van der Waals surface area contributed by atoms with Crippen molar-refractivity contribution in [3.8, 4) is 0 Å². The van der Waals surface area contributed by atoms with E-state index in [1.807, 2.05) is 44.2 Å². The van der Waals surface area contributed by atoms with Crippen molar-refractivity contribution in [2.24, 2.45) is 0 Å². The van der Waals surface area contributed by atoms with Crippen LogP contribution in [0, 0.1) is 0 Å². The van der Waals surface area contributed by atoms with Crippen LogP contribution < -0.4 is 0 Å². The molecule has 1 aromatic rings. The van der Waals surface area contributed by atoms with Gasteiger partial charge in [0, 0.05) is 6.42 Å². The molecule has 4 nitrogen and oxygen atoms in total. The highest BCUT2D eigenvalue weighted by Crippen LogP contribution is 2.39. The zero-order valence-electron chi connectivity index (χ0n) is 14.5. The highest BCUT2D eigenvalue weighted by molar-refractivity contribution is 5.79. The molecule has 4 heteroatoms. The third kappa shape index (κ3) is 5.05. The molecule has 0 saturated carbocycles. The lowest BCUT2D eigenvalue weighted by Crippen LogP contribution is -2.34. The zero-order chi connectivity index (χ0) is 16.8. The lowest BCUT2D eigenvalue weighted by atomic mass is 9.98. The SMILES string of the molecule is CCCCCCCCC1(C(=O)OC(C)(C)c2ccccc2)OO1. The van der Waals surface area contributed by atoms with Crippen LogP contribution in [0.25, 0.3) is 0 Å². The Balaban J connectivity index is 1.80. The van der Waals surface area contributed by atoms with Crippen LogP contribution in [-0.2, 0) is 24.9 Å². The molecule has 0 bridgehead atoms. The van der Waals surface area contributed by atoms with Gasteiger partial charge in [-0.3, -0.25) is 0 Å². The smallest absolute Gasteiger partial charge is 0.373 e. The highest BCUT2D eigenvalue weighted by atomic mass is 17.4. The molecule has 0 amide bonds. The van der Waals surface area contributed by atoms with Crippen molar-refractivity contribution in [1.82, 2.24) is 0 Å². The summed E-state index contributed by atoms with van der Waals surface area (Å²) in [6, 6.07) is 9.70. The van der Waals surface area contributed by atoms with Gasteiger partial charge in [0.2, 0.25) is 0 Å². The largest absolute Gasteiger partial charge is 0.451 e. The van der Waals surface area contributed by atoms with Gasteiger partial charge in [0.15, 0.2) is 0 Å². The van der Waals surface area contributed by atoms with Crippen LogP contribution in [0.4, 0.5) is 0 Å². The van der Waals surface area contributed by atoms with Crippen LogP contribution in [0.3, 0.4) is 0 Å². The molecule has 0 unspecified atom stereocenters. The van der Waals surface area contributed by atoms with Crippen molar-refractivity contribution in [1.29, 1.82) is 0 Å². The minimum Gasteiger partial charge on any atom is -0.451 e. The second-order valence-corrected chi connectivity index (χ2v) is 6.70. The van der Waals surface area contributed by atoms with Crippen LogP contribution in [0.2, 0.25) is 0 Å². The predicted octanol–water partition coefficient (Wildman–Crippen LogP) is 4.87. The van der Waals surface area contributed by atoms with Crippen molar-refractivity contribution in [3.05, 3.63) is 35.9 Å². The number of carbonyl (C=O) groups excluding carboxylic acids is 1. The van der Waals surface area contributed by atoms with Gasteiger partial charge < -0.3 is 4.74 Å². The summed E-state index contributed by atoms with van der Waals surface area (Å²) in [6.45, 7) is 5.95. The van der Waals surface area contributed by atoms with E-state index in [0.717, 1.165) is 18.4 Å². The van der Waals surface area contributed by atoms with Crippen LogP contribution in [0.1, 0.15) is 71.3 Å². The molecule has 1 aromatic carbocycles. The van der Waals surface area contributed by atoms with Gasteiger partial charge in [0.05, 0.1) is 0 Å². The predicted molar refractivity (Wildman–Crippen MR) is 88.5 cm³/mol. The lowest BCUT2D eigenvalue weighted by molar-refractivity contribution is -0.165. The number of esters is 1. The summed E-state index contributed by atoms with van der Waals surface area (Å²) in [5.74, 6) is -1.60. The van der Waals surface area contributed by atoms with E-state index in [0.29, 0.717) is 6.42 Å². The van der Waals surface area contributed by atoms with Gasteiger partial charge >= 0.3 is 11.8 Å². The first-order chi connectivity index (χ1) is 11.0. The van der Waals surface area contributed by atoms with E-state index in [1.54, 1.807) is 0 Å². The van der Waals surface area contributed by atoms with Crippen molar-refractivity contribution < 1.29 is 19.3 Å². The maximum absolute atomic E-state index is 12.4. The van der Waals surface area contributed by atoms with E-state index in [9.17, 15) is 4.79 Å². The Bertz CT molecular complexity index is 491. The molecular weight excluding hydrogens is 292 g/mol. The lowest BCUT2D eigenvalue weighted by Gasteiger charge is -2.26. The average molecular weight is 320 g/mol. The number of carbonyl (C=O) groups is 1. The van der Waals surface area contributed by atoms with Gasteiger partial charge in [-0.25, -0.2) is 4.79 Å². The minimum atomic E-state index is -1.17. The first-order valence-electron chi connectivity index (χ1n) is 8.66. The first-order valence-corrected chi connectivity index (χ1v) is 8.66. The maximum Gasteiger partial charge on any atom is 0.373 e. The van der Waals surface area contributed by atoms with E-state index < -0.39 is 17.4 Å². The molecule has 0 atom stereocenters. The van der Waals surface area contributed by atoms with Crippen molar-refractivity contribution >= 4 is 5.97 Å². The Morgan fingerprint density at radius 2 is 1.65 bits per heavy atom. The summed E-state index contributed by atoms with van der Waals surface area (Å²) in [7, 11) is 0. The third-order valence-electron chi connectivity index (χ3n) is 4.27. The Kier molecular flexibility index (Phi) is 6.19. The van der Waals surface area contributed by atoms with Crippen LogP contribution >= 0.6 is 0 Å². The Morgan fingerprint density at radius 3 is 2.26 bits per heavy atom. The van der Waals surface area contributed by atoms with E-state index >= 15 is 0 Å². The zero-order valence-corrected chi connectivity index (χ0v) is 14.5. The van der Waals surface area contributed by atoms with Crippen LogP contribution in [0.15, 0.2) is 30.3 Å². The topological polar surface area (TPSA) is 51.4 Å². The molecule has 23 heavy (non-hydrogen) atoms. The molecule has 1 aliphatic rings. The summed E-state index contributed by atoms with van der Waals surface area (Å²) in [4.78, 5) is 22.4. The molecule has 0 N–H and O–H groups in total. The highest BCUT2D eigenvalue weighted by Gasteiger charge is 2.58. The first kappa shape index (κ1) is 18.0. The average Bonchev–Trinajstić information content (AvgIpc) is 3.32. The fourth-order valence-corrected chi connectivity index (χ4v) is 2.65. The Labute approximate surface area is 139 Å². The molecule has 1 aliphatic heterocycles. The molecule has 1 fully saturated rings. The standard InChI is InChI=1S/C19H28O4/c1-4-5-6-7-8-12-15-19(22-23-19)17(20)21-18(2,3)16-13-10-9-11-14-16/h9-11,13-14H,4-8,12,15H2,1-3H3. The van der Waals surface area contributed by atoms with E-state index in [4.69, 9.17) is 14.5 Å². The van der Waals surface area contributed by atoms with Crippen molar-refractivity contribution in [2.75, 3.05) is 0 Å². The number of rotatable bonds is 10. The fourth-order valence-electron chi connectivity index (χ4n) is 2.65. The molecule has 2 rings (SSSR count). The van der Waals surface area contributed by atoms with Gasteiger partial charge in [0.25, 0.3) is 0 Å². The number of benzene rings is 1. The Hall–Kier alpha value is -1.39. The molecule has 0 aromatic heterocycles. The molecule has 1 saturated heterocycles. The van der Waals surface area contributed by atoms with Gasteiger partial charge in [-0.2, -0.15) is 9.78 Å². The van der Waals surface area contributed by atoms with E-state index in [-0.39, 0.29) is 0 Å². The van der Waals surface area contributed by atoms with Gasteiger partial charge in [0.1, 0.15) is 5.60 Å². The van der Waals surface area contributed by atoms with E-state index in [2.05, 4.69) is 6.92 Å². The monoisotopic (exact) mass is 320 g/mol. The molecular formula is C19H28O4. The number of ether oxygens (including phenoxy) is 1. The third-order valence-corrected chi connectivity index (χ3v) is 4.27. The quantitative estimate of drug-likeness (QED) is 0.267. The van der Waals surface area contributed by atoms with Gasteiger partial charge in [-0.05, 0) is 25.8 Å². The molecule has 0 spiro atoms. The summed E-state index contributed by atoms with van der Waals surface area (Å²) < 4.78 is 5.66. The summed E-state index contributed by atoms with van der Waals surface area (Å²) in [6.07, 6.45) is 7.49. The fraction of sp³-hybridized carbons (Fsp3) is 0.632. The summed E-state index contributed by atoms with van der Waals surface area (Å²) in [5.41, 5.74) is 0.241. The molecule has 1 heterocycles. The maximum atomic E-state index is 12.4. The normalized spacial score (nSPS) is 16.1. The summed E-state index contributed by atoms with van der Waals surface area (Å²) in [5, 5.41) is 0. The molecule has 0 radical (unpaired) electrons. The van der Waals surface area contributed by atoms with E-state index in [1.165, 1.54) is 25.7 Å². The number of hydrogen-bond acceptors (Lipinski definition) is 4. The summed E-state index contributed by atoms with van der Waals surface area (Å²) >= 11 is 0. The van der Waals surface area contributed by atoms with Crippen LogP contribution in [0.5, 0.6) is 0 Å². The molecule has 128 valence electrons. The number of hydrogen-bond donors (Lipinski definition) is 0.